The summed E-state index contributed by atoms with van der Waals surface area (Å²) in [5.41, 5.74) is 0.678. The van der Waals surface area contributed by atoms with Crippen molar-refractivity contribution in [2.24, 2.45) is 5.41 Å². The van der Waals surface area contributed by atoms with Gasteiger partial charge in [-0.15, -0.1) is 0 Å². The summed E-state index contributed by atoms with van der Waals surface area (Å²) in [6, 6.07) is 11.1. The molecule has 2 aromatic carbocycles. The van der Waals surface area contributed by atoms with Gasteiger partial charge in [0, 0.05) is 6.54 Å². The van der Waals surface area contributed by atoms with Gasteiger partial charge in [0.2, 0.25) is 0 Å². The fourth-order valence-corrected chi connectivity index (χ4v) is 3.00. The van der Waals surface area contributed by atoms with Crippen LogP contribution in [0.4, 0.5) is 0 Å². The molecule has 2 aromatic rings. The first kappa shape index (κ1) is 13.9. The monoisotopic (exact) mass is 283 g/mol. The molecule has 0 heterocycles. The van der Waals surface area contributed by atoms with Crippen LogP contribution in [0.5, 0.6) is 5.75 Å². The number of hydrogen-bond acceptors (Lipinski definition) is 2. The maximum Gasteiger partial charge on any atom is 0.255 e. The number of benzene rings is 2. The van der Waals surface area contributed by atoms with E-state index in [9.17, 15) is 9.90 Å². The van der Waals surface area contributed by atoms with Crippen molar-refractivity contribution in [1.29, 1.82) is 0 Å². The van der Waals surface area contributed by atoms with Crippen LogP contribution in [-0.4, -0.2) is 17.6 Å². The van der Waals surface area contributed by atoms with Gasteiger partial charge in [0.1, 0.15) is 5.75 Å². The topological polar surface area (TPSA) is 49.3 Å². The zero-order chi connectivity index (χ0) is 14.9. The summed E-state index contributed by atoms with van der Waals surface area (Å²) in [5, 5.41) is 15.0. The maximum absolute atomic E-state index is 12.3. The number of amides is 1. The summed E-state index contributed by atoms with van der Waals surface area (Å²) in [7, 11) is 0. The molecule has 110 valence electrons. The first-order valence-electron chi connectivity index (χ1n) is 7.63. The molecule has 21 heavy (non-hydrogen) atoms. The Hall–Kier alpha value is -2.03. The van der Waals surface area contributed by atoms with Crippen molar-refractivity contribution in [3.63, 3.8) is 0 Å². The summed E-state index contributed by atoms with van der Waals surface area (Å²) in [6.45, 7) is 2.89. The van der Waals surface area contributed by atoms with E-state index in [0.29, 0.717) is 17.5 Å². The van der Waals surface area contributed by atoms with E-state index in [2.05, 4.69) is 12.2 Å². The molecule has 0 bridgehead atoms. The van der Waals surface area contributed by atoms with Crippen molar-refractivity contribution < 1.29 is 9.90 Å². The number of fused-ring (bicyclic) bond motifs is 1. The SMILES string of the molecule is CCCC1(CNC(=O)c2cc3ccccc3cc2O)CC1. The molecule has 0 aromatic heterocycles. The van der Waals surface area contributed by atoms with Gasteiger partial charge in [-0.1, -0.05) is 37.6 Å². The Bertz CT molecular complexity index is 674. The average Bonchev–Trinajstić information content (AvgIpc) is 3.24. The van der Waals surface area contributed by atoms with Crippen LogP contribution in [0, 0.1) is 5.41 Å². The maximum atomic E-state index is 12.3. The highest BCUT2D eigenvalue weighted by Gasteiger charge is 2.41. The molecule has 3 rings (SSSR count). The van der Waals surface area contributed by atoms with E-state index in [1.807, 2.05) is 24.3 Å². The molecule has 0 aliphatic heterocycles. The molecule has 0 atom stereocenters. The van der Waals surface area contributed by atoms with Crippen LogP contribution in [0.2, 0.25) is 0 Å². The van der Waals surface area contributed by atoms with Crippen molar-refractivity contribution in [2.45, 2.75) is 32.6 Å². The van der Waals surface area contributed by atoms with E-state index in [1.54, 1.807) is 12.1 Å². The minimum Gasteiger partial charge on any atom is -0.507 e. The molecule has 0 spiro atoms. The van der Waals surface area contributed by atoms with E-state index in [0.717, 1.165) is 23.6 Å². The highest BCUT2D eigenvalue weighted by molar-refractivity contribution is 6.01. The van der Waals surface area contributed by atoms with Gasteiger partial charge in [0.25, 0.3) is 5.91 Å². The minimum absolute atomic E-state index is 0.0477. The van der Waals surface area contributed by atoms with Crippen molar-refractivity contribution in [3.05, 3.63) is 42.0 Å². The van der Waals surface area contributed by atoms with E-state index in [4.69, 9.17) is 0 Å². The Labute approximate surface area is 125 Å². The Morgan fingerprint density at radius 3 is 2.52 bits per heavy atom. The molecular formula is C18H21NO2. The van der Waals surface area contributed by atoms with Gasteiger partial charge in [-0.3, -0.25) is 4.79 Å². The third-order valence-electron chi connectivity index (χ3n) is 4.47. The molecule has 0 unspecified atom stereocenters. The van der Waals surface area contributed by atoms with Gasteiger partial charge in [-0.05, 0) is 47.6 Å². The van der Waals surface area contributed by atoms with Crippen LogP contribution in [0.1, 0.15) is 43.0 Å². The third kappa shape index (κ3) is 2.87. The predicted molar refractivity (Wildman–Crippen MR) is 84.5 cm³/mol. The highest BCUT2D eigenvalue weighted by atomic mass is 16.3. The van der Waals surface area contributed by atoms with Gasteiger partial charge in [0.15, 0.2) is 0 Å². The lowest BCUT2D eigenvalue weighted by molar-refractivity contribution is 0.0941. The summed E-state index contributed by atoms with van der Waals surface area (Å²) >= 11 is 0. The number of carbonyl (C=O) groups is 1. The number of phenols is 1. The number of carbonyl (C=O) groups excluding carboxylic acids is 1. The quantitative estimate of drug-likeness (QED) is 0.875. The summed E-state index contributed by atoms with van der Waals surface area (Å²) in [5.74, 6) is -0.132. The van der Waals surface area contributed by atoms with E-state index in [-0.39, 0.29) is 11.7 Å². The lowest BCUT2D eigenvalue weighted by Crippen LogP contribution is -2.30. The second kappa shape index (κ2) is 5.40. The van der Waals surface area contributed by atoms with Crippen LogP contribution in [0.15, 0.2) is 36.4 Å². The Morgan fingerprint density at radius 1 is 1.24 bits per heavy atom. The molecule has 1 saturated carbocycles. The first-order valence-corrected chi connectivity index (χ1v) is 7.63. The van der Waals surface area contributed by atoms with E-state index < -0.39 is 0 Å². The van der Waals surface area contributed by atoms with Crippen LogP contribution < -0.4 is 5.32 Å². The molecule has 0 radical (unpaired) electrons. The van der Waals surface area contributed by atoms with Gasteiger partial charge >= 0.3 is 0 Å². The fraction of sp³-hybridized carbons (Fsp3) is 0.389. The zero-order valence-electron chi connectivity index (χ0n) is 12.4. The van der Waals surface area contributed by atoms with Crippen molar-refractivity contribution in [2.75, 3.05) is 6.54 Å². The molecule has 3 heteroatoms. The number of aromatic hydroxyl groups is 1. The first-order chi connectivity index (χ1) is 10.1. The largest absolute Gasteiger partial charge is 0.507 e. The summed E-state index contributed by atoms with van der Waals surface area (Å²) < 4.78 is 0. The van der Waals surface area contributed by atoms with E-state index >= 15 is 0 Å². The fourth-order valence-electron chi connectivity index (χ4n) is 3.00. The number of rotatable bonds is 5. The molecule has 0 saturated heterocycles. The van der Waals surface area contributed by atoms with Crippen LogP contribution in [0.3, 0.4) is 0 Å². The minimum atomic E-state index is -0.180. The number of phenolic OH excluding ortho intramolecular Hbond substituents is 1. The summed E-state index contributed by atoms with van der Waals surface area (Å²) in [6.07, 6.45) is 4.71. The third-order valence-corrected chi connectivity index (χ3v) is 4.47. The van der Waals surface area contributed by atoms with Crippen LogP contribution in [-0.2, 0) is 0 Å². The molecule has 2 N–H and O–H groups in total. The predicted octanol–water partition coefficient (Wildman–Crippen LogP) is 3.86. The number of hydrogen-bond donors (Lipinski definition) is 2. The lowest BCUT2D eigenvalue weighted by Gasteiger charge is -2.15. The standard InChI is InChI=1S/C18H21NO2/c1-2-7-18(8-9-18)12-19-17(21)15-10-13-5-3-4-6-14(13)11-16(15)20/h3-6,10-11,20H,2,7-9,12H2,1H3,(H,19,21). The molecule has 1 aliphatic carbocycles. The van der Waals surface area contributed by atoms with Gasteiger partial charge in [-0.25, -0.2) is 0 Å². The van der Waals surface area contributed by atoms with Gasteiger partial charge in [0.05, 0.1) is 5.56 Å². The molecule has 3 nitrogen and oxygen atoms in total. The second-order valence-electron chi connectivity index (χ2n) is 6.15. The van der Waals surface area contributed by atoms with Crippen molar-refractivity contribution >= 4 is 16.7 Å². The Balaban J connectivity index is 1.76. The van der Waals surface area contributed by atoms with Crippen LogP contribution in [0.25, 0.3) is 10.8 Å². The molecule has 1 aliphatic rings. The second-order valence-corrected chi connectivity index (χ2v) is 6.15. The van der Waals surface area contributed by atoms with Gasteiger partial charge < -0.3 is 10.4 Å². The average molecular weight is 283 g/mol. The van der Waals surface area contributed by atoms with Gasteiger partial charge in [-0.2, -0.15) is 0 Å². The molecule has 1 fully saturated rings. The normalized spacial score (nSPS) is 15.9. The number of nitrogens with one attached hydrogen (secondary N) is 1. The zero-order valence-corrected chi connectivity index (χ0v) is 12.4. The molecule has 1 amide bonds. The lowest BCUT2D eigenvalue weighted by atomic mass is 10.0. The molecular weight excluding hydrogens is 262 g/mol. The van der Waals surface area contributed by atoms with E-state index in [1.165, 1.54) is 12.8 Å². The smallest absolute Gasteiger partial charge is 0.255 e. The van der Waals surface area contributed by atoms with Crippen molar-refractivity contribution in [1.82, 2.24) is 5.32 Å². The van der Waals surface area contributed by atoms with Crippen molar-refractivity contribution in [3.8, 4) is 5.75 Å². The Kier molecular flexibility index (Phi) is 3.58. The van der Waals surface area contributed by atoms with Crippen LogP contribution >= 0.6 is 0 Å². The highest BCUT2D eigenvalue weighted by Crippen LogP contribution is 2.49. The Morgan fingerprint density at radius 2 is 1.90 bits per heavy atom. The summed E-state index contributed by atoms with van der Waals surface area (Å²) in [4.78, 5) is 12.3.